The Kier molecular flexibility index (Phi) is 8.60. The van der Waals surface area contributed by atoms with Crippen molar-refractivity contribution in [3.63, 3.8) is 0 Å². The van der Waals surface area contributed by atoms with Gasteiger partial charge in [-0.05, 0) is 51.3 Å². The molecule has 1 aromatic carbocycles. The van der Waals surface area contributed by atoms with Gasteiger partial charge in [-0.3, -0.25) is 9.79 Å². The van der Waals surface area contributed by atoms with Crippen molar-refractivity contribution in [2.75, 3.05) is 40.1 Å². The number of benzene rings is 1. The fraction of sp³-hybridized carbons (Fsp3) is 0.619. The number of ether oxygens (including phenoxy) is 3. The maximum Gasteiger partial charge on any atom is 0.239 e. The average molecular weight is 532 g/mol. The summed E-state index contributed by atoms with van der Waals surface area (Å²) in [5, 5.41) is 9.42. The van der Waals surface area contributed by atoms with Gasteiger partial charge in [0.25, 0.3) is 0 Å². The lowest BCUT2D eigenvalue weighted by Gasteiger charge is -2.38. The molecule has 0 aliphatic carbocycles. The summed E-state index contributed by atoms with van der Waals surface area (Å²) in [7, 11) is 1.70. The van der Waals surface area contributed by atoms with Gasteiger partial charge in [-0.15, -0.1) is 24.0 Å². The van der Waals surface area contributed by atoms with Crippen LogP contribution in [0.5, 0.6) is 11.5 Å². The number of rotatable bonds is 5. The molecule has 2 heterocycles. The number of guanidine groups is 1. The zero-order chi connectivity index (χ0) is 20.9. The summed E-state index contributed by atoms with van der Waals surface area (Å²) >= 11 is 0. The van der Waals surface area contributed by atoms with Crippen LogP contribution in [0.4, 0.5) is 0 Å². The highest BCUT2D eigenvalue weighted by atomic mass is 127. The SMILES string of the molecule is CN=C(NCC(=O)NC(C)(C)C)NCC1(c2ccc3c(c2)OCO3)CCOCC1.I. The number of carbonyl (C=O) groups excluding carboxylic acids is 1. The number of aliphatic imine (C=N–C) groups is 1. The summed E-state index contributed by atoms with van der Waals surface area (Å²) in [5.41, 5.74) is 0.824. The third kappa shape index (κ3) is 6.37. The van der Waals surface area contributed by atoms with Crippen molar-refractivity contribution in [2.24, 2.45) is 4.99 Å². The molecule has 168 valence electrons. The van der Waals surface area contributed by atoms with Crippen LogP contribution >= 0.6 is 24.0 Å². The summed E-state index contributed by atoms with van der Waals surface area (Å²) < 4.78 is 16.6. The monoisotopic (exact) mass is 532 g/mol. The van der Waals surface area contributed by atoms with Gasteiger partial charge in [-0.2, -0.15) is 0 Å². The molecule has 0 saturated carbocycles. The standard InChI is InChI=1S/C21H32N4O4.HI/c1-20(2,3)25-18(26)12-23-19(22-4)24-13-21(7-9-27-10-8-21)15-5-6-16-17(11-15)29-14-28-16;/h5-6,11H,7-10,12-14H2,1-4H3,(H,25,26)(H2,22,23,24);1H. The number of fused-ring (bicyclic) bond motifs is 1. The van der Waals surface area contributed by atoms with Gasteiger partial charge in [0, 0.05) is 37.8 Å². The molecule has 1 saturated heterocycles. The van der Waals surface area contributed by atoms with E-state index in [9.17, 15) is 4.79 Å². The van der Waals surface area contributed by atoms with Gasteiger partial charge in [-0.25, -0.2) is 0 Å². The predicted molar refractivity (Wildman–Crippen MR) is 127 cm³/mol. The van der Waals surface area contributed by atoms with Gasteiger partial charge in [0.05, 0.1) is 6.54 Å². The molecule has 2 aliphatic heterocycles. The molecule has 1 amide bonds. The molecule has 9 heteroatoms. The molecule has 1 fully saturated rings. The second-order valence-corrected chi connectivity index (χ2v) is 8.54. The van der Waals surface area contributed by atoms with Crippen LogP contribution in [0.2, 0.25) is 0 Å². The second kappa shape index (κ2) is 10.5. The van der Waals surface area contributed by atoms with Crippen LogP contribution in [-0.2, 0) is 14.9 Å². The maximum absolute atomic E-state index is 12.1. The first kappa shape index (κ1) is 24.5. The predicted octanol–water partition coefficient (Wildman–Crippen LogP) is 2.16. The Hall–Kier alpha value is -1.75. The van der Waals surface area contributed by atoms with Crippen LogP contribution in [0.15, 0.2) is 23.2 Å². The maximum atomic E-state index is 12.1. The van der Waals surface area contributed by atoms with Gasteiger partial charge in [0.15, 0.2) is 17.5 Å². The Morgan fingerprint density at radius 3 is 2.50 bits per heavy atom. The molecule has 0 unspecified atom stereocenters. The number of nitrogens with zero attached hydrogens (tertiary/aromatic N) is 1. The third-order valence-corrected chi connectivity index (χ3v) is 5.18. The molecule has 1 aromatic rings. The smallest absolute Gasteiger partial charge is 0.239 e. The van der Waals surface area contributed by atoms with E-state index in [2.05, 4.69) is 33.1 Å². The summed E-state index contributed by atoms with van der Waals surface area (Å²) in [6, 6.07) is 6.15. The largest absolute Gasteiger partial charge is 0.454 e. The number of hydrogen-bond acceptors (Lipinski definition) is 5. The van der Waals surface area contributed by atoms with Gasteiger partial charge in [0.1, 0.15) is 0 Å². The Morgan fingerprint density at radius 2 is 1.83 bits per heavy atom. The van der Waals surface area contributed by atoms with Crippen LogP contribution in [0.1, 0.15) is 39.2 Å². The van der Waals surface area contributed by atoms with Crippen molar-refractivity contribution in [3.05, 3.63) is 23.8 Å². The van der Waals surface area contributed by atoms with Crippen molar-refractivity contribution in [2.45, 2.75) is 44.6 Å². The number of hydrogen-bond donors (Lipinski definition) is 3. The fourth-order valence-corrected chi connectivity index (χ4v) is 3.66. The zero-order valence-corrected chi connectivity index (χ0v) is 20.5. The molecule has 2 aliphatic rings. The van der Waals surface area contributed by atoms with E-state index in [0.29, 0.717) is 25.7 Å². The molecular formula is C21H33IN4O4. The van der Waals surface area contributed by atoms with E-state index >= 15 is 0 Å². The lowest BCUT2D eigenvalue weighted by atomic mass is 9.74. The van der Waals surface area contributed by atoms with E-state index < -0.39 is 0 Å². The molecule has 8 nitrogen and oxygen atoms in total. The Morgan fingerprint density at radius 1 is 1.13 bits per heavy atom. The highest BCUT2D eigenvalue weighted by molar-refractivity contribution is 14.0. The van der Waals surface area contributed by atoms with Crippen molar-refractivity contribution in [1.29, 1.82) is 0 Å². The second-order valence-electron chi connectivity index (χ2n) is 8.54. The summed E-state index contributed by atoms with van der Waals surface area (Å²) in [5.74, 6) is 2.10. The quantitative estimate of drug-likeness (QED) is 0.306. The highest BCUT2D eigenvalue weighted by Crippen LogP contribution is 2.40. The topological polar surface area (TPSA) is 93.2 Å². The van der Waals surface area contributed by atoms with E-state index in [1.54, 1.807) is 7.05 Å². The highest BCUT2D eigenvalue weighted by Gasteiger charge is 2.36. The van der Waals surface area contributed by atoms with E-state index in [-0.39, 0.29) is 54.2 Å². The number of carbonyl (C=O) groups is 1. The Labute approximate surface area is 195 Å². The Bertz CT molecular complexity index is 758. The number of amides is 1. The van der Waals surface area contributed by atoms with Crippen LogP contribution in [-0.4, -0.2) is 57.5 Å². The van der Waals surface area contributed by atoms with Crippen LogP contribution in [0, 0.1) is 0 Å². The lowest BCUT2D eigenvalue weighted by molar-refractivity contribution is -0.121. The van der Waals surface area contributed by atoms with E-state index in [4.69, 9.17) is 14.2 Å². The van der Waals surface area contributed by atoms with Crippen molar-refractivity contribution in [1.82, 2.24) is 16.0 Å². The number of halogens is 1. The molecule has 30 heavy (non-hydrogen) atoms. The molecular weight excluding hydrogens is 499 g/mol. The summed E-state index contributed by atoms with van der Waals surface area (Å²) in [6.07, 6.45) is 1.78. The number of nitrogens with one attached hydrogen (secondary N) is 3. The minimum absolute atomic E-state index is 0. The van der Waals surface area contributed by atoms with Gasteiger partial charge in [-0.1, -0.05) is 6.07 Å². The molecule has 3 N–H and O–H groups in total. The first-order chi connectivity index (χ1) is 13.8. The fourth-order valence-electron chi connectivity index (χ4n) is 3.66. The molecule has 3 rings (SSSR count). The van der Waals surface area contributed by atoms with Crippen LogP contribution in [0.25, 0.3) is 0 Å². The molecule has 0 spiro atoms. The van der Waals surface area contributed by atoms with Crippen LogP contribution < -0.4 is 25.4 Å². The molecule has 0 radical (unpaired) electrons. The van der Waals surface area contributed by atoms with Gasteiger partial charge < -0.3 is 30.2 Å². The summed E-state index contributed by atoms with van der Waals surface area (Å²) in [4.78, 5) is 16.3. The van der Waals surface area contributed by atoms with Crippen LogP contribution in [0.3, 0.4) is 0 Å². The Balaban J connectivity index is 0.00000320. The third-order valence-electron chi connectivity index (χ3n) is 5.18. The minimum atomic E-state index is -0.263. The first-order valence-electron chi connectivity index (χ1n) is 10.0. The van der Waals surface area contributed by atoms with Crippen molar-refractivity contribution in [3.8, 4) is 11.5 Å². The average Bonchev–Trinajstić information content (AvgIpc) is 3.15. The van der Waals surface area contributed by atoms with Gasteiger partial charge >= 0.3 is 0 Å². The van der Waals surface area contributed by atoms with E-state index in [1.807, 2.05) is 26.8 Å². The molecule has 0 bridgehead atoms. The van der Waals surface area contributed by atoms with Crippen molar-refractivity contribution >= 4 is 35.8 Å². The molecule has 0 atom stereocenters. The van der Waals surface area contributed by atoms with E-state index in [1.165, 1.54) is 5.56 Å². The van der Waals surface area contributed by atoms with Crippen molar-refractivity contribution < 1.29 is 19.0 Å². The lowest BCUT2D eigenvalue weighted by Crippen LogP contribution is -2.51. The first-order valence-corrected chi connectivity index (χ1v) is 10.0. The zero-order valence-electron chi connectivity index (χ0n) is 18.2. The van der Waals surface area contributed by atoms with E-state index in [0.717, 1.165) is 24.3 Å². The molecule has 0 aromatic heterocycles. The summed E-state index contributed by atoms with van der Waals surface area (Å²) in [6.45, 7) is 8.38. The van der Waals surface area contributed by atoms with Gasteiger partial charge in [0.2, 0.25) is 12.7 Å². The minimum Gasteiger partial charge on any atom is -0.454 e. The normalized spacial score (nSPS) is 17.7.